The Morgan fingerprint density at radius 1 is 0.941 bits per heavy atom. The predicted molar refractivity (Wildman–Crippen MR) is 69.0 cm³/mol. The van der Waals surface area contributed by atoms with Gasteiger partial charge in [-0.2, -0.15) is 0 Å². The van der Waals surface area contributed by atoms with E-state index in [1.54, 1.807) is 0 Å². The van der Waals surface area contributed by atoms with E-state index < -0.39 is 0 Å². The van der Waals surface area contributed by atoms with Crippen molar-refractivity contribution in [3.8, 4) is 0 Å². The Kier molecular flexibility index (Phi) is 1.77. The van der Waals surface area contributed by atoms with Crippen molar-refractivity contribution in [3.63, 3.8) is 0 Å². The van der Waals surface area contributed by atoms with Crippen LogP contribution < -0.4 is 0 Å². The lowest BCUT2D eigenvalue weighted by Crippen LogP contribution is -2.15. The molecule has 0 aromatic heterocycles. The summed E-state index contributed by atoms with van der Waals surface area (Å²) >= 11 is 0. The molecule has 4 rings (SSSR count). The second kappa shape index (κ2) is 3.19. The van der Waals surface area contributed by atoms with Gasteiger partial charge in [0.2, 0.25) is 0 Å². The molecule has 1 aromatic carbocycles. The normalized spacial score (nSPS) is 20.0. The molecule has 0 saturated carbocycles. The summed E-state index contributed by atoms with van der Waals surface area (Å²) in [6.45, 7) is 0. The number of carbonyl (C=O) groups excluding carboxylic acids is 1. The van der Waals surface area contributed by atoms with E-state index >= 15 is 0 Å². The minimum atomic E-state index is 0.348. The maximum atomic E-state index is 12.1. The van der Waals surface area contributed by atoms with Gasteiger partial charge < -0.3 is 0 Å². The van der Waals surface area contributed by atoms with E-state index in [0.29, 0.717) is 5.78 Å². The van der Waals surface area contributed by atoms with Gasteiger partial charge in [-0.3, -0.25) is 4.79 Å². The van der Waals surface area contributed by atoms with E-state index in [9.17, 15) is 4.79 Å². The molecule has 0 radical (unpaired) electrons. The van der Waals surface area contributed by atoms with Crippen molar-refractivity contribution >= 4 is 17.4 Å². The number of aryl methyl sites for hydroxylation is 2. The molecular weight excluding hydrogens is 208 g/mol. The van der Waals surface area contributed by atoms with Crippen molar-refractivity contribution in [2.24, 2.45) is 0 Å². The highest BCUT2D eigenvalue weighted by Crippen LogP contribution is 2.41. The zero-order chi connectivity index (χ0) is 11.4. The third kappa shape index (κ3) is 1.17. The number of hydrogen-bond acceptors (Lipinski definition) is 1. The second-order valence-electron chi connectivity index (χ2n) is 5.17. The number of benzene rings is 1. The summed E-state index contributed by atoms with van der Waals surface area (Å²) in [5.41, 5.74) is 7.68. The van der Waals surface area contributed by atoms with Gasteiger partial charge in [0.1, 0.15) is 0 Å². The molecule has 0 atom stereocenters. The van der Waals surface area contributed by atoms with Crippen LogP contribution in [0.5, 0.6) is 0 Å². The number of hydrogen-bond donors (Lipinski definition) is 0. The van der Waals surface area contributed by atoms with Gasteiger partial charge in [0.05, 0.1) is 0 Å². The molecule has 3 aliphatic carbocycles. The van der Waals surface area contributed by atoms with Crippen LogP contribution in [0, 0.1) is 0 Å². The lowest BCUT2D eigenvalue weighted by molar-refractivity contribution is 0.0972. The summed E-state index contributed by atoms with van der Waals surface area (Å²) in [5, 5.41) is 0. The van der Waals surface area contributed by atoms with Gasteiger partial charge in [-0.05, 0) is 53.5 Å². The molecule has 0 fully saturated rings. The minimum Gasteiger partial charge on any atom is -0.294 e. The Morgan fingerprint density at radius 3 is 2.76 bits per heavy atom. The number of Topliss-reactive ketones (excluding diaryl/α,β-unsaturated/α-hetero) is 1. The van der Waals surface area contributed by atoms with Crippen LogP contribution in [0.4, 0.5) is 0 Å². The van der Waals surface area contributed by atoms with Crippen molar-refractivity contribution in [1.82, 2.24) is 0 Å². The first-order valence-electron chi connectivity index (χ1n) is 6.45. The van der Waals surface area contributed by atoms with Crippen molar-refractivity contribution in [2.45, 2.75) is 32.1 Å². The number of allylic oxidation sites excluding steroid dienone is 3. The number of ketones is 1. The average molecular weight is 222 g/mol. The van der Waals surface area contributed by atoms with Crippen LogP contribution >= 0.6 is 0 Å². The topological polar surface area (TPSA) is 17.1 Å². The van der Waals surface area contributed by atoms with Crippen molar-refractivity contribution in [3.05, 3.63) is 46.0 Å². The quantitative estimate of drug-likeness (QED) is 0.656. The zero-order valence-corrected chi connectivity index (χ0v) is 9.75. The van der Waals surface area contributed by atoms with Crippen LogP contribution in [0.2, 0.25) is 0 Å². The van der Waals surface area contributed by atoms with E-state index in [1.165, 1.54) is 27.8 Å². The highest BCUT2D eigenvalue weighted by atomic mass is 16.1. The minimum absolute atomic E-state index is 0.348. The van der Waals surface area contributed by atoms with E-state index in [2.05, 4.69) is 24.3 Å². The molecule has 0 heterocycles. The zero-order valence-electron chi connectivity index (χ0n) is 9.75. The van der Waals surface area contributed by atoms with Crippen LogP contribution in [-0.4, -0.2) is 5.78 Å². The molecule has 0 saturated heterocycles. The predicted octanol–water partition coefficient (Wildman–Crippen LogP) is 3.56. The van der Waals surface area contributed by atoms with E-state index in [4.69, 9.17) is 0 Å². The van der Waals surface area contributed by atoms with Gasteiger partial charge >= 0.3 is 0 Å². The monoisotopic (exact) mass is 222 g/mol. The van der Waals surface area contributed by atoms with Gasteiger partial charge in [0.25, 0.3) is 0 Å². The summed E-state index contributed by atoms with van der Waals surface area (Å²) in [4.78, 5) is 12.1. The molecule has 17 heavy (non-hydrogen) atoms. The fourth-order valence-corrected chi connectivity index (χ4v) is 3.43. The summed E-state index contributed by atoms with van der Waals surface area (Å²) in [7, 11) is 0. The number of fused-ring (bicyclic) bond motifs is 2. The molecule has 0 N–H and O–H groups in total. The van der Waals surface area contributed by atoms with Crippen LogP contribution in [0.1, 0.15) is 51.9 Å². The maximum Gasteiger partial charge on any atom is 0.163 e. The molecule has 1 heteroatoms. The third-order valence-corrected chi connectivity index (χ3v) is 4.15. The van der Waals surface area contributed by atoms with Crippen LogP contribution in [0.15, 0.2) is 18.2 Å². The SMILES string of the molecule is O=C1CCCc2cc3c4c(c21)C=CC4=CCC3. The van der Waals surface area contributed by atoms with Gasteiger partial charge in [0.15, 0.2) is 5.78 Å². The van der Waals surface area contributed by atoms with Crippen molar-refractivity contribution in [2.75, 3.05) is 0 Å². The lowest BCUT2D eigenvalue weighted by atomic mass is 9.81. The molecule has 0 unspecified atom stereocenters. The molecule has 0 amide bonds. The molecule has 0 aliphatic heterocycles. The largest absolute Gasteiger partial charge is 0.294 e. The van der Waals surface area contributed by atoms with Crippen LogP contribution in [-0.2, 0) is 12.8 Å². The summed E-state index contributed by atoms with van der Waals surface area (Å²) in [5.74, 6) is 0.348. The van der Waals surface area contributed by atoms with Crippen LogP contribution in [0.25, 0.3) is 11.6 Å². The molecule has 0 spiro atoms. The Morgan fingerprint density at radius 2 is 1.82 bits per heavy atom. The molecule has 84 valence electrons. The molecule has 3 aliphatic rings. The average Bonchev–Trinajstić information content (AvgIpc) is 2.75. The lowest BCUT2D eigenvalue weighted by Gasteiger charge is -2.22. The summed E-state index contributed by atoms with van der Waals surface area (Å²) in [6.07, 6.45) is 11.7. The van der Waals surface area contributed by atoms with Gasteiger partial charge in [-0.25, -0.2) is 0 Å². The first-order valence-corrected chi connectivity index (χ1v) is 6.45. The fourth-order valence-electron chi connectivity index (χ4n) is 3.43. The summed E-state index contributed by atoms with van der Waals surface area (Å²) in [6, 6.07) is 2.30. The highest BCUT2D eigenvalue weighted by Gasteiger charge is 2.28. The van der Waals surface area contributed by atoms with E-state index in [-0.39, 0.29) is 0 Å². The molecule has 1 aromatic rings. The van der Waals surface area contributed by atoms with Crippen molar-refractivity contribution in [1.29, 1.82) is 0 Å². The first kappa shape index (κ1) is 9.41. The van der Waals surface area contributed by atoms with E-state index in [1.807, 2.05) is 0 Å². The Hall–Kier alpha value is -1.63. The van der Waals surface area contributed by atoms with Gasteiger partial charge in [-0.1, -0.05) is 24.3 Å². The first-order chi connectivity index (χ1) is 8.34. The van der Waals surface area contributed by atoms with Gasteiger partial charge in [0, 0.05) is 12.0 Å². The Labute approximate surface area is 101 Å². The van der Waals surface area contributed by atoms with E-state index in [0.717, 1.165) is 37.7 Å². The fraction of sp³-hybridized carbons (Fsp3) is 0.312. The smallest absolute Gasteiger partial charge is 0.163 e. The molecule has 1 nitrogen and oxygen atoms in total. The summed E-state index contributed by atoms with van der Waals surface area (Å²) < 4.78 is 0. The highest BCUT2D eigenvalue weighted by molar-refractivity contribution is 6.07. The Balaban J connectivity index is 2.09. The third-order valence-electron chi connectivity index (χ3n) is 4.15. The maximum absolute atomic E-state index is 12.1. The molecular formula is C16H14O. The van der Waals surface area contributed by atoms with Crippen LogP contribution in [0.3, 0.4) is 0 Å². The van der Waals surface area contributed by atoms with Crippen molar-refractivity contribution < 1.29 is 4.79 Å². The molecule has 0 bridgehead atoms. The standard InChI is InChI=1S/C16H14O/c17-14-6-2-5-12-9-11-4-1-3-10-7-8-13(15(10)11)16(12)14/h3,7-9H,1-2,4-6H2. The number of rotatable bonds is 0. The second-order valence-corrected chi connectivity index (χ2v) is 5.17. The Bertz CT molecular complexity index is 602. The number of carbonyl (C=O) groups is 1. The van der Waals surface area contributed by atoms with Gasteiger partial charge in [-0.15, -0.1) is 0 Å².